The van der Waals surface area contributed by atoms with Crippen molar-refractivity contribution in [2.75, 3.05) is 19.7 Å². The second kappa shape index (κ2) is 6.97. The molecule has 0 aliphatic carbocycles. The lowest BCUT2D eigenvalue weighted by Gasteiger charge is -2.21. The van der Waals surface area contributed by atoms with Crippen LogP contribution in [-0.2, 0) is 0 Å². The molecule has 4 nitrogen and oxygen atoms in total. The van der Waals surface area contributed by atoms with E-state index in [2.05, 4.69) is 41.3 Å². The molecule has 0 amide bonds. The van der Waals surface area contributed by atoms with E-state index in [9.17, 15) is 0 Å². The highest BCUT2D eigenvalue weighted by molar-refractivity contribution is 5.56. The van der Waals surface area contributed by atoms with Gasteiger partial charge >= 0.3 is 0 Å². The molecule has 118 valence electrons. The Kier molecular flexibility index (Phi) is 4.78. The first-order valence-corrected chi connectivity index (χ1v) is 8.21. The fraction of sp³-hybridized carbons (Fsp3) is 0.500. The van der Waals surface area contributed by atoms with Gasteiger partial charge in [0.2, 0.25) is 0 Å². The Morgan fingerprint density at radius 3 is 2.59 bits per heavy atom. The van der Waals surface area contributed by atoms with E-state index in [0.29, 0.717) is 11.8 Å². The molecule has 0 radical (unpaired) electrons. The average Bonchev–Trinajstić information content (AvgIpc) is 3.04. The SMILES string of the molecule is CC(C)COc1ccc(-c2ncc(C3CCNCC3)[nH]2)cc1. The fourth-order valence-corrected chi connectivity index (χ4v) is 2.79. The van der Waals surface area contributed by atoms with E-state index in [1.165, 1.54) is 18.5 Å². The molecule has 3 rings (SSSR count). The lowest BCUT2D eigenvalue weighted by atomic mass is 9.95. The minimum atomic E-state index is 0.539. The van der Waals surface area contributed by atoms with E-state index < -0.39 is 0 Å². The van der Waals surface area contributed by atoms with Crippen molar-refractivity contribution in [1.82, 2.24) is 15.3 Å². The maximum Gasteiger partial charge on any atom is 0.137 e. The predicted octanol–water partition coefficient (Wildman–Crippen LogP) is 3.58. The van der Waals surface area contributed by atoms with Gasteiger partial charge in [-0.05, 0) is 56.1 Å². The Labute approximate surface area is 132 Å². The first kappa shape index (κ1) is 15.1. The van der Waals surface area contributed by atoms with Crippen molar-refractivity contribution in [1.29, 1.82) is 0 Å². The Morgan fingerprint density at radius 2 is 1.91 bits per heavy atom. The number of benzene rings is 1. The first-order valence-electron chi connectivity index (χ1n) is 8.21. The number of nitrogens with one attached hydrogen (secondary N) is 2. The summed E-state index contributed by atoms with van der Waals surface area (Å²) in [7, 11) is 0. The molecule has 2 N–H and O–H groups in total. The Morgan fingerprint density at radius 1 is 1.18 bits per heavy atom. The Balaban J connectivity index is 1.67. The summed E-state index contributed by atoms with van der Waals surface area (Å²) in [4.78, 5) is 8.04. The van der Waals surface area contributed by atoms with E-state index in [1.54, 1.807) is 0 Å². The smallest absolute Gasteiger partial charge is 0.137 e. The predicted molar refractivity (Wildman–Crippen MR) is 89.2 cm³/mol. The minimum Gasteiger partial charge on any atom is -0.493 e. The van der Waals surface area contributed by atoms with Crippen molar-refractivity contribution >= 4 is 0 Å². The van der Waals surface area contributed by atoms with E-state index in [0.717, 1.165) is 36.8 Å². The van der Waals surface area contributed by atoms with Crippen molar-refractivity contribution in [2.45, 2.75) is 32.6 Å². The zero-order valence-corrected chi connectivity index (χ0v) is 13.4. The van der Waals surface area contributed by atoms with Gasteiger partial charge in [0.05, 0.1) is 6.61 Å². The third-order valence-electron chi connectivity index (χ3n) is 4.09. The molecule has 0 unspecified atom stereocenters. The number of H-pyrrole nitrogens is 1. The van der Waals surface area contributed by atoms with Gasteiger partial charge in [-0.3, -0.25) is 0 Å². The molecule has 4 heteroatoms. The molecule has 1 aliphatic rings. The quantitative estimate of drug-likeness (QED) is 0.887. The Hall–Kier alpha value is -1.81. The van der Waals surface area contributed by atoms with Crippen LogP contribution < -0.4 is 10.1 Å². The molecule has 22 heavy (non-hydrogen) atoms. The summed E-state index contributed by atoms with van der Waals surface area (Å²) >= 11 is 0. The number of hydrogen-bond acceptors (Lipinski definition) is 3. The topological polar surface area (TPSA) is 49.9 Å². The monoisotopic (exact) mass is 299 g/mol. The highest BCUT2D eigenvalue weighted by Gasteiger charge is 2.17. The number of nitrogens with zero attached hydrogens (tertiary/aromatic N) is 1. The zero-order valence-electron chi connectivity index (χ0n) is 13.4. The lowest BCUT2D eigenvalue weighted by Crippen LogP contribution is -2.26. The highest BCUT2D eigenvalue weighted by Crippen LogP contribution is 2.26. The molecule has 1 aromatic carbocycles. The molecule has 2 heterocycles. The summed E-state index contributed by atoms with van der Waals surface area (Å²) in [6, 6.07) is 8.18. The van der Waals surface area contributed by atoms with Gasteiger partial charge in [0, 0.05) is 23.4 Å². The summed E-state index contributed by atoms with van der Waals surface area (Å²) < 4.78 is 5.72. The number of piperidine rings is 1. The van der Waals surface area contributed by atoms with Crippen molar-refractivity contribution in [3.8, 4) is 17.1 Å². The third-order valence-corrected chi connectivity index (χ3v) is 4.09. The number of rotatable bonds is 5. The number of aromatic amines is 1. The molecular formula is C18H25N3O. The maximum absolute atomic E-state index is 5.72. The lowest BCUT2D eigenvalue weighted by molar-refractivity contribution is 0.271. The summed E-state index contributed by atoms with van der Waals surface area (Å²) in [5, 5.41) is 3.40. The third kappa shape index (κ3) is 3.69. The minimum absolute atomic E-state index is 0.539. The van der Waals surface area contributed by atoms with Crippen LogP contribution in [0.2, 0.25) is 0 Å². The van der Waals surface area contributed by atoms with Gasteiger partial charge in [-0.1, -0.05) is 13.8 Å². The molecule has 2 aromatic rings. The van der Waals surface area contributed by atoms with Crippen LogP contribution in [0, 0.1) is 5.92 Å². The molecule has 1 aromatic heterocycles. The van der Waals surface area contributed by atoms with Crippen LogP contribution in [0.5, 0.6) is 5.75 Å². The van der Waals surface area contributed by atoms with Crippen molar-refractivity contribution in [2.24, 2.45) is 5.92 Å². The van der Waals surface area contributed by atoms with E-state index in [-0.39, 0.29) is 0 Å². The number of ether oxygens (including phenoxy) is 1. The number of hydrogen-bond donors (Lipinski definition) is 2. The van der Waals surface area contributed by atoms with Crippen molar-refractivity contribution in [3.05, 3.63) is 36.2 Å². The summed E-state index contributed by atoms with van der Waals surface area (Å²) in [6.45, 7) is 7.25. The van der Waals surface area contributed by atoms with E-state index >= 15 is 0 Å². The molecule has 0 bridgehead atoms. The van der Waals surface area contributed by atoms with E-state index in [1.807, 2.05) is 18.3 Å². The summed E-state index contributed by atoms with van der Waals surface area (Å²) in [5.74, 6) is 3.01. The van der Waals surface area contributed by atoms with Gasteiger partial charge in [0.25, 0.3) is 0 Å². The maximum atomic E-state index is 5.72. The van der Waals surface area contributed by atoms with Gasteiger partial charge in [0.1, 0.15) is 11.6 Å². The van der Waals surface area contributed by atoms with Gasteiger partial charge in [-0.25, -0.2) is 4.98 Å². The van der Waals surface area contributed by atoms with Crippen molar-refractivity contribution in [3.63, 3.8) is 0 Å². The molecule has 1 fully saturated rings. The van der Waals surface area contributed by atoms with Gasteiger partial charge < -0.3 is 15.0 Å². The molecule has 0 saturated carbocycles. The largest absolute Gasteiger partial charge is 0.493 e. The zero-order chi connectivity index (χ0) is 15.4. The standard InChI is InChI=1S/C18H25N3O/c1-13(2)12-22-16-5-3-15(4-6-16)18-20-11-17(21-18)14-7-9-19-10-8-14/h3-6,11,13-14,19H,7-10,12H2,1-2H3,(H,20,21). The second-order valence-electron chi connectivity index (χ2n) is 6.44. The van der Waals surface area contributed by atoms with Crippen LogP contribution in [0.4, 0.5) is 0 Å². The van der Waals surface area contributed by atoms with Crippen LogP contribution in [0.25, 0.3) is 11.4 Å². The number of aromatic nitrogens is 2. The van der Waals surface area contributed by atoms with Gasteiger partial charge in [-0.15, -0.1) is 0 Å². The van der Waals surface area contributed by atoms with Gasteiger partial charge in [0.15, 0.2) is 0 Å². The first-order chi connectivity index (χ1) is 10.7. The van der Waals surface area contributed by atoms with Crippen LogP contribution in [0.1, 0.15) is 38.3 Å². The molecule has 0 spiro atoms. The van der Waals surface area contributed by atoms with Crippen LogP contribution >= 0.6 is 0 Å². The summed E-state index contributed by atoms with van der Waals surface area (Å²) in [5.41, 5.74) is 2.37. The number of imidazole rings is 1. The van der Waals surface area contributed by atoms with Crippen molar-refractivity contribution < 1.29 is 4.74 Å². The highest BCUT2D eigenvalue weighted by atomic mass is 16.5. The van der Waals surface area contributed by atoms with E-state index in [4.69, 9.17) is 4.74 Å². The van der Waals surface area contributed by atoms with Crippen LogP contribution in [-0.4, -0.2) is 29.7 Å². The fourth-order valence-electron chi connectivity index (χ4n) is 2.79. The summed E-state index contributed by atoms with van der Waals surface area (Å²) in [6.07, 6.45) is 4.36. The Bertz CT molecular complexity index is 583. The average molecular weight is 299 g/mol. The normalized spacial score (nSPS) is 16.1. The van der Waals surface area contributed by atoms with Gasteiger partial charge in [-0.2, -0.15) is 0 Å². The molecule has 0 atom stereocenters. The second-order valence-corrected chi connectivity index (χ2v) is 6.44. The molecule has 1 aliphatic heterocycles. The van der Waals surface area contributed by atoms with Crippen LogP contribution in [0.3, 0.4) is 0 Å². The molecule has 1 saturated heterocycles. The van der Waals surface area contributed by atoms with Crippen LogP contribution in [0.15, 0.2) is 30.5 Å². The molecular weight excluding hydrogens is 274 g/mol.